The standard InChI is InChI=1S/C12H13BrN2O4S/c13-10-5-4-9(12(16)17)8-11(10)20(18,19)15-7-3-1-2-6-14/h4-5,8,15H,1-3,7H2,(H,16,17). The Hall–Kier alpha value is -1.43. The van der Waals surface area contributed by atoms with Crippen molar-refractivity contribution in [3.05, 3.63) is 28.2 Å². The van der Waals surface area contributed by atoms with Gasteiger partial charge in [-0.1, -0.05) is 0 Å². The molecule has 2 N–H and O–H groups in total. The van der Waals surface area contributed by atoms with E-state index in [4.69, 9.17) is 10.4 Å². The van der Waals surface area contributed by atoms with Crippen LogP contribution in [-0.4, -0.2) is 26.0 Å². The number of hydrogen-bond acceptors (Lipinski definition) is 4. The van der Waals surface area contributed by atoms with Crippen molar-refractivity contribution >= 4 is 31.9 Å². The van der Waals surface area contributed by atoms with Gasteiger partial charge >= 0.3 is 5.97 Å². The summed E-state index contributed by atoms with van der Waals surface area (Å²) in [5.74, 6) is -1.19. The van der Waals surface area contributed by atoms with Crippen LogP contribution in [0.25, 0.3) is 0 Å². The fourth-order valence-electron chi connectivity index (χ4n) is 1.46. The number of unbranched alkanes of at least 4 members (excludes halogenated alkanes) is 2. The summed E-state index contributed by atoms with van der Waals surface area (Å²) < 4.78 is 26.8. The third-order valence-corrected chi connectivity index (χ3v) is 4.93. The van der Waals surface area contributed by atoms with Crippen LogP contribution in [0.15, 0.2) is 27.6 Å². The summed E-state index contributed by atoms with van der Waals surface area (Å²) in [5.41, 5.74) is -0.0990. The van der Waals surface area contributed by atoms with Crippen LogP contribution in [-0.2, 0) is 10.0 Å². The van der Waals surface area contributed by atoms with E-state index in [9.17, 15) is 13.2 Å². The fraction of sp³-hybridized carbons (Fsp3) is 0.333. The molecule has 0 aromatic heterocycles. The van der Waals surface area contributed by atoms with Crippen LogP contribution < -0.4 is 4.72 Å². The van der Waals surface area contributed by atoms with E-state index < -0.39 is 16.0 Å². The SMILES string of the molecule is N#CCCCCNS(=O)(=O)c1cc(C(=O)O)ccc1Br. The first kappa shape index (κ1) is 16.6. The number of carboxylic acid groups (broad SMARTS) is 1. The summed E-state index contributed by atoms with van der Waals surface area (Å²) in [5, 5.41) is 17.2. The van der Waals surface area contributed by atoms with E-state index in [0.717, 1.165) is 6.07 Å². The van der Waals surface area contributed by atoms with Gasteiger partial charge in [-0.2, -0.15) is 5.26 Å². The van der Waals surface area contributed by atoms with Crippen molar-refractivity contribution in [2.45, 2.75) is 24.2 Å². The maximum absolute atomic E-state index is 12.1. The molecule has 1 aromatic carbocycles. The summed E-state index contributed by atoms with van der Waals surface area (Å²) in [6, 6.07) is 5.78. The van der Waals surface area contributed by atoms with Crippen molar-refractivity contribution in [2.75, 3.05) is 6.54 Å². The highest BCUT2D eigenvalue weighted by Gasteiger charge is 2.19. The Morgan fingerprint density at radius 1 is 1.40 bits per heavy atom. The fourth-order valence-corrected chi connectivity index (χ4v) is 3.52. The molecule has 6 nitrogen and oxygen atoms in total. The van der Waals surface area contributed by atoms with Crippen LogP contribution in [0.3, 0.4) is 0 Å². The van der Waals surface area contributed by atoms with Crippen LogP contribution in [0.5, 0.6) is 0 Å². The van der Waals surface area contributed by atoms with Gasteiger partial charge in [0.25, 0.3) is 0 Å². The maximum atomic E-state index is 12.1. The molecule has 0 saturated heterocycles. The molecule has 0 amide bonds. The average molecular weight is 361 g/mol. The number of nitrogens with zero attached hydrogens (tertiary/aromatic N) is 1. The van der Waals surface area contributed by atoms with Gasteiger partial charge in [-0.25, -0.2) is 17.9 Å². The number of aromatic carboxylic acids is 1. The molecule has 0 radical (unpaired) electrons. The van der Waals surface area contributed by atoms with Gasteiger partial charge in [-0.05, 0) is 47.0 Å². The van der Waals surface area contributed by atoms with Gasteiger partial charge in [-0.15, -0.1) is 0 Å². The number of hydrogen-bond donors (Lipinski definition) is 2. The van der Waals surface area contributed by atoms with E-state index >= 15 is 0 Å². The number of rotatable bonds is 7. The normalized spacial score (nSPS) is 11.0. The van der Waals surface area contributed by atoms with Crippen LogP contribution in [0.1, 0.15) is 29.6 Å². The summed E-state index contributed by atoms with van der Waals surface area (Å²) in [7, 11) is -3.78. The number of benzene rings is 1. The molecule has 0 bridgehead atoms. The monoisotopic (exact) mass is 360 g/mol. The van der Waals surface area contributed by atoms with Crippen LogP contribution in [0.4, 0.5) is 0 Å². The molecule has 108 valence electrons. The Morgan fingerprint density at radius 3 is 2.70 bits per heavy atom. The summed E-state index contributed by atoms with van der Waals surface area (Å²) in [4.78, 5) is 10.7. The second kappa shape index (κ2) is 7.38. The van der Waals surface area contributed by atoms with Gasteiger partial charge in [0.05, 0.1) is 16.5 Å². The van der Waals surface area contributed by atoms with E-state index in [-0.39, 0.29) is 17.0 Å². The highest BCUT2D eigenvalue weighted by Crippen LogP contribution is 2.23. The van der Waals surface area contributed by atoms with Crippen molar-refractivity contribution < 1.29 is 18.3 Å². The number of nitriles is 1. The largest absolute Gasteiger partial charge is 0.478 e. The summed E-state index contributed by atoms with van der Waals surface area (Å²) >= 11 is 3.09. The van der Waals surface area contributed by atoms with Gasteiger partial charge in [0.1, 0.15) is 0 Å². The zero-order valence-corrected chi connectivity index (χ0v) is 12.9. The minimum Gasteiger partial charge on any atom is -0.478 e. The Morgan fingerprint density at radius 2 is 2.10 bits per heavy atom. The molecule has 0 aliphatic heterocycles. The molecule has 0 spiro atoms. The van der Waals surface area contributed by atoms with Gasteiger partial charge < -0.3 is 5.11 Å². The molecule has 0 atom stereocenters. The topological polar surface area (TPSA) is 107 Å². The highest BCUT2D eigenvalue weighted by atomic mass is 79.9. The predicted octanol–water partition coefficient (Wildman–Crippen LogP) is 2.12. The predicted molar refractivity (Wildman–Crippen MR) is 75.8 cm³/mol. The Balaban J connectivity index is 2.84. The molecule has 0 fully saturated rings. The lowest BCUT2D eigenvalue weighted by molar-refractivity contribution is 0.0696. The number of nitrogens with one attached hydrogen (secondary N) is 1. The quantitative estimate of drug-likeness (QED) is 0.724. The molecule has 0 aliphatic rings. The van der Waals surface area contributed by atoms with Crippen molar-refractivity contribution in [1.29, 1.82) is 5.26 Å². The van der Waals surface area contributed by atoms with Crippen molar-refractivity contribution in [3.8, 4) is 6.07 Å². The van der Waals surface area contributed by atoms with Gasteiger partial charge in [0, 0.05) is 17.4 Å². The molecule has 8 heteroatoms. The second-order valence-corrected chi connectivity index (χ2v) is 6.55. The first-order chi connectivity index (χ1) is 9.38. The lowest BCUT2D eigenvalue weighted by Gasteiger charge is -2.09. The molecule has 0 unspecified atom stereocenters. The number of carbonyl (C=O) groups is 1. The number of sulfonamides is 1. The lowest BCUT2D eigenvalue weighted by atomic mass is 10.2. The van der Waals surface area contributed by atoms with Crippen LogP contribution >= 0.6 is 15.9 Å². The smallest absolute Gasteiger partial charge is 0.335 e. The molecular formula is C12H13BrN2O4S. The molecule has 1 aromatic rings. The Labute approximate surface area is 125 Å². The van der Waals surface area contributed by atoms with E-state index in [1.54, 1.807) is 0 Å². The first-order valence-corrected chi connectivity index (χ1v) is 8.05. The summed E-state index contributed by atoms with van der Waals surface area (Å²) in [6.45, 7) is 0.202. The third-order valence-electron chi connectivity index (χ3n) is 2.48. The van der Waals surface area contributed by atoms with Gasteiger partial charge in [-0.3, -0.25) is 0 Å². The van der Waals surface area contributed by atoms with E-state index in [1.165, 1.54) is 12.1 Å². The number of carboxylic acids is 1. The molecule has 0 saturated carbocycles. The van der Waals surface area contributed by atoms with E-state index in [0.29, 0.717) is 23.7 Å². The first-order valence-electron chi connectivity index (χ1n) is 5.78. The van der Waals surface area contributed by atoms with Crippen molar-refractivity contribution in [2.24, 2.45) is 0 Å². The minimum absolute atomic E-state index is 0.0990. The maximum Gasteiger partial charge on any atom is 0.335 e. The van der Waals surface area contributed by atoms with E-state index in [2.05, 4.69) is 20.7 Å². The molecule has 20 heavy (non-hydrogen) atoms. The van der Waals surface area contributed by atoms with Crippen molar-refractivity contribution in [3.63, 3.8) is 0 Å². The molecule has 0 aliphatic carbocycles. The molecule has 1 rings (SSSR count). The third kappa shape index (κ3) is 4.59. The minimum atomic E-state index is -3.78. The van der Waals surface area contributed by atoms with E-state index in [1.807, 2.05) is 6.07 Å². The van der Waals surface area contributed by atoms with Gasteiger partial charge in [0.15, 0.2) is 0 Å². The van der Waals surface area contributed by atoms with Crippen LogP contribution in [0.2, 0.25) is 0 Å². The Kier molecular flexibility index (Phi) is 6.13. The molecule has 0 heterocycles. The molecular weight excluding hydrogens is 348 g/mol. The highest BCUT2D eigenvalue weighted by molar-refractivity contribution is 9.10. The zero-order valence-electron chi connectivity index (χ0n) is 10.5. The lowest BCUT2D eigenvalue weighted by Crippen LogP contribution is -2.25. The van der Waals surface area contributed by atoms with Crippen LogP contribution in [0, 0.1) is 11.3 Å². The Bertz CT molecular complexity index is 637. The van der Waals surface area contributed by atoms with Gasteiger partial charge in [0.2, 0.25) is 10.0 Å². The second-order valence-electron chi connectivity index (χ2n) is 3.96. The summed E-state index contributed by atoms with van der Waals surface area (Å²) in [6.07, 6.45) is 1.53. The van der Waals surface area contributed by atoms with Crippen molar-refractivity contribution in [1.82, 2.24) is 4.72 Å². The average Bonchev–Trinajstić information content (AvgIpc) is 2.38. The number of halogens is 1. The zero-order chi connectivity index (χ0) is 15.2.